The lowest BCUT2D eigenvalue weighted by Gasteiger charge is -2.12. The van der Waals surface area contributed by atoms with E-state index in [4.69, 9.17) is 0 Å². The molecule has 4 aromatic rings. The second-order valence-electron chi connectivity index (χ2n) is 6.29. The fourth-order valence-electron chi connectivity index (χ4n) is 3.33. The molecule has 3 aromatic carbocycles. The second kappa shape index (κ2) is 5.89. The number of nitrogens with zero attached hydrogens (tertiary/aromatic N) is 3. The van der Waals surface area contributed by atoms with Gasteiger partial charge in [-0.05, 0) is 42.5 Å². The normalized spacial score (nSPS) is 12.9. The molecule has 0 bridgehead atoms. The van der Waals surface area contributed by atoms with Crippen LogP contribution in [-0.4, -0.2) is 29.1 Å². The van der Waals surface area contributed by atoms with Crippen LogP contribution >= 0.6 is 0 Å². The Balaban J connectivity index is 1.53. The monoisotopic (exact) mass is 391 g/mol. The Morgan fingerprint density at radius 1 is 1.00 bits per heavy atom. The van der Waals surface area contributed by atoms with E-state index in [1.54, 1.807) is 59.5 Å². The summed E-state index contributed by atoms with van der Waals surface area (Å²) >= 11 is 0. The van der Waals surface area contributed by atoms with Crippen LogP contribution < -0.4 is 10.0 Å². The summed E-state index contributed by atoms with van der Waals surface area (Å²) in [5, 5.41) is 7.91. The van der Waals surface area contributed by atoms with Crippen LogP contribution in [0, 0.1) is 0 Å². The van der Waals surface area contributed by atoms with Gasteiger partial charge in [-0.1, -0.05) is 12.1 Å². The topological polar surface area (TPSA) is 106 Å². The third-order valence-corrected chi connectivity index (χ3v) is 6.03. The summed E-state index contributed by atoms with van der Waals surface area (Å²) < 4.78 is 30.2. The van der Waals surface area contributed by atoms with E-state index < -0.39 is 10.0 Å². The number of amides is 1. The van der Waals surface area contributed by atoms with Gasteiger partial charge in [0.25, 0.3) is 15.9 Å². The molecule has 0 radical (unpaired) electrons. The fraction of sp³-hybridized carbons (Fsp3) is 0. The van der Waals surface area contributed by atoms with Crippen molar-refractivity contribution in [2.75, 3.05) is 10.0 Å². The highest BCUT2D eigenvalue weighted by Crippen LogP contribution is 2.36. The van der Waals surface area contributed by atoms with Gasteiger partial charge in [-0.3, -0.25) is 9.52 Å². The van der Waals surface area contributed by atoms with Crippen molar-refractivity contribution >= 4 is 38.1 Å². The van der Waals surface area contributed by atoms with Gasteiger partial charge in [-0.15, -0.1) is 0 Å². The molecule has 0 unspecified atom stereocenters. The third kappa shape index (κ3) is 2.52. The average Bonchev–Trinajstić information content (AvgIpc) is 3.32. The molecule has 5 rings (SSSR count). The number of hydrogen-bond acceptors (Lipinski definition) is 5. The van der Waals surface area contributed by atoms with Gasteiger partial charge in [-0.25, -0.2) is 18.1 Å². The van der Waals surface area contributed by atoms with E-state index in [1.165, 1.54) is 12.4 Å². The molecule has 1 aromatic heterocycles. The Bertz CT molecular complexity index is 1330. The van der Waals surface area contributed by atoms with E-state index in [2.05, 4.69) is 20.1 Å². The minimum atomic E-state index is -3.85. The van der Waals surface area contributed by atoms with Crippen molar-refractivity contribution in [1.29, 1.82) is 0 Å². The molecule has 0 spiro atoms. The minimum Gasteiger partial charge on any atom is -0.321 e. The third-order valence-electron chi connectivity index (χ3n) is 4.59. The van der Waals surface area contributed by atoms with E-state index in [0.29, 0.717) is 27.7 Å². The maximum absolute atomic E-state index is 13.0. The molecule has 1 aliphatic heterocycles. The minimum absolute atomic E-state index is 0.116. The fourth-order valence-corrected chi connectivity index (χ4v) is 4.59. The largest absolute Gasteiger partial charge is 0.321 e. The number of rotatable bonds is 4. The van der Waals surface area contributed by atoms with Gasteiger partial charge in [0.1, 0.15) is 12.7 Å². The molecular weight excluding hydrogens is 378 g/mol. The zero-order chi connectivity index (χ0) is 19.3. The predicted octanol–water partition coefficient (Wildman–Crippen LogP) is 2.79. The van der Waals surface area contributed by atoms with E-state index in [0.717, 1.165) is 5.69 Å². The summed E-state index contributed by atoms with van der Waals surface area (Å²) in [7, 11) is -3.85. The molecule has 138 valence electrons. The molecule has 8 nitrogen and oxygen atoms in total. The molecule has 28 heavy (non-hydrogen) atoms. The molecule has 1 aliphatic rings. The molecular formula is C19H13N5O3S. The molecule has 2 heterocycles. The highest BCUT2D eigenvalue weighted by molar-refractivity contribution is 7.93. The highest BCUT2D eigenvalue weighted by Gasteiger charge is 2.26. The second-order valence-corrected chi connectivity index (χ2v) is 7.94. The van der Waals surface area contributed by atoms with Gasteiger partial charge in [0.15, 0.2) is 0 Å². The first-order valence-electron chi connectivity index (χ1n) is 8.38. The Labute approximate surface area is 159 Å². The van der Waals surface area contributed by atoms with Crippen molar-refractivity contribution < 1.29 is 13.2 Å². The van der Waals surface area contributed by atoms with E-state index in [-0.39, 0.29) is 10.8 Å². The van der Waals surface area contributed by atoms with Gasteiger partial charge in [0.2, 0.25) is 0 Å². The van der Waals surface area contributed by atoms with Gasteiger partial charge < -0.3 is 5.32 Å². The van der Waals surface area contributed by atoms with E-state index in [1.807, 2.05) is 0 Å². The highest BCUT2D eigenvalue weighted by atomic mass is 32.2. The molecule has 0 atom stereocenters. The molecule has 0 saturated carbocycles. The molecule has 9 heteroatoms. The quantitative estimate of drug-likeness (QED) is 0.556. The van der Waals surface area contributed by atoms with Crippen molar-refractivity contribution in [3.8, 4) is 5.69 Å². The van der Waals surface area contributed by atoms with Crippen LogP contribution in [-0.2, 0) is 10.0 Å². The van der Waals surface area contributed by atoms with Gasteiger partial charge in [-0.2, -0.15) is 5.10 Å². The zero-order valence-corrected chi connectivity index (χ0v) is 15.1. The maximum atomic E-state index is 13.0. The summed E-state index contributed by atoms with van der Waals surface area (Å²) in [5.41, 5.74) is 2.27. The van der Waals surface area contributed by atoms with E-state index in [9.17, 15) is 13.2 Å². The lowest BCUT2D eigenvalue weighted by molar-refractivity contribution is 0.103. The van der Waals surface area contributed by atoms with Crippen LogP contribution in [0.3, 0.4) is 0 Å². The first-order valence-corrected chi connectivity index (χ1v) is 9.86. The number of benzene rings is 3. The Kier molecular flexibility index (Phi) is 3.46. The Hall–Kier alpha value is -3.72. The SMILES string of the molecule is O=C1Nc2ccc(S(=O)(=O)Nc3ccc(-n4cncn4)cc3)c3cccc1c23. The van der Waals surface area contributed by atoms with Crippen LogP contribution in [0.25, 0.3) is 16.5 Å². The van der Waals surface area contributed by atoms with Gasteiger partial charge in [0, 0.05) is 27.7 Å². The zero-order valence-electron chi connectivity index (χ0n) is 14.3. The number of hydrogen-bond donors (Lipinski definition) is 2. The number of carbonyl (C=O) groups is 1. The average molecular weight is 391 g/mol. The first-order chi connectivity index (χ1) is 13.5. The van der Waals surface area contributed by atoms with Crippen molar-refractivity contribution in [3.05, 3.63) is 72.8 Å². The Morgan fingerprint density at radius 3 is 2.57 bits per heavy atom. The van der Waals surface area contributed by atoms with Crippen molar-refractivity contribution in [2.24, 2.45) is 0 Å². The summed E-state index contributed by atoms with van der Waals surface area (Å²) in [6, 6.07) is 15.0. The van der Waals surface area contributed by atoms with Crippen molar-refractivity contribution in [3.63, 3.8) is 0 Å². The lowest BCUT2D eigenvalue weighted by Crippen LogP contribution is -2.13. The van der Waals surface area contributed by atoms with Crippen LogP contribution in [0.15, 0.2) is 72.1 Å². The number of aromatic nitrogens is 3. The first kappa shape index (κ1) is 16.5. The number of carbonyl (C=O) groups excluding carboxylic acids is 1. The molecule has 0 fully saturated rings. The summed E-state index contributed by atoms with van der Waals surface area (Å²) in [6.45, 7) is 0. The molecule has 0 aliphatic carbocycles. The summed E-state index contributed by atoms with van der Waals surface area (Å²) in [6.07, 6.45) is 2.98. The van der Waals surface area contributed by atoms with Crippen LogP contribution in [0.2, 0.25) is 0 Å². The standard InChI is InChI=1S/C19H13N5O3S/c25-19-15-3-1-2-14-17(9-8-16(22-19)18(14)15)28(26,27)23-12-4-6-13(7-5-12)24-11-20-10-21-24/h1-11,23H,(H,22,25). The van der Waals surface area contributed by atoms with Crippen molar-refractivity contribution in [1.82, 2.24) is 14.8 Å². The van der Waals surface area contributed by atoms with Crippen molar-refractivity contribution in [2.45, 2.75) is 4.90 Å². The molecule has 1 amide bonds. The molecule has 0 saturated heterocycles. The van der Waals surface area contributed by atoms with Crippen LogP contribution in [0.5, 0.6) is 0 Å². The number of nitrogens with one attached hydrogen (secondary N) is 2. The lowest BCUT2D eigenvalue weighted by atomic mass is 10.1. The summed E-state index contributed by atoms with van der Waals surface area (Å²) in [5.74, 6) is -0.230. The smallest absolute Gasteiger partial charge is 0.262 e. The maximum Gasteiger partial charge on any atom is 0.262 e. The Morgan fingerprint density at radius 2 is 1.82 bits per heavy atom. The van der Waals surface area contributed by atoms with Gasteiger partial charge in [0.05, 0.1) is 10.6 Å². The summed E-state index contributed by atoms with van der Waals surface area (Å²) in [4.78, 5) is 16.0. The number of anilines is 2. The number of sulfonamides is 1. The van der Waals surface area contributed by atoms with Crippen LogP contribution in [0.1, 0.15) is 10.4 Å². The molecule has 2 N–H and O–H groups in total. The predicted molar refractivity (Wildman–Crippen MR) is 104 cm³/mol. The van der Waals surface area contributed by atoms with Gasteiger partial charge >= 0.3 is 0 Å². The van der Waals surface area contributed by atoms with Crippen LogP contribution in [0.4, 0.5) is 11.4 Å². The van der Waals surface area contributed by atoms with E-state index >= 15 is 0 Å².